The van der Waals surface area contributed by atoms with Crippen molar-refractivity contribution in [1.29, 1.82) is 0 Å². The number of para-hydroxylation sites is 1. The van der Waals surface area contributed by atoms with Crippen LogP contribution in [0.15, 0.2) is 53.5 Å². The van der Waals surface area contributed by atoms with Crippen molar-refractivity contribution in [2.24, 2.45) is 10.9 Å². The fourth-order valence-electron chi connectivity index (χ4n) is 3.57. The van der Waals surface area contributed by atoms with Crippen molar-refractivity contribution in [1.82, 2.24) is 10.6 Å². The summed E-state index contributed by atoms with van der Waals surface area (Å²) in [6, 6.07) is 15.6. The summed E-state index contributed by atoms with van der Waals surface area (Å²) in [6.07, 6.45) is 1.11. The Kier molecular flexibility index (Phi) is 9.61. The molecule has 1 atom stereocenters. The molecule has 1 fully saturated rings. The highest BCUT2D eigenvalue weighted by atomic mass is 127. The number of nitrogens with zero attached hydrogens (tertiary/aromatic N) is 2. The summed E-state index contributed by atoms with van der Waals surface area (Å²) in [5, 5.41) is 6.55. The third kappa shape index (κ3) is 7.00. The molecular formula is C22H29F2IN4O. The lowest BCUT2D eigenvalue weighted by atomic mass is 10.1. The molecule has 0 bridgehead atoms. The van der Waals surface area contributed by atoms with E-state index in [1.807, 2.05) is 19.1 Å². The van der Waals surface area contributed by atoms with E-state index in [-0.39, 0.29) is 29.7 Å². The Labute approximate surface area is 193 Å². The number of aliphatic imine (C=N–C) groups is 1. The molecule has 2 N–H and O–H groups in total. The molecule has 0 spiro atoms. The summed E-state index contributed by atoms with van der Waals surface area (Å²) in [7, 11) is 1.70. The number of benzene rings is 2. The summed E-state index contributed by atoms with van der Waals surface area (Å²) in [5.41, 5.74) is 2.91. The van der Waals surface area contributed by atoms with Gasteiger partial charge in [-0.15, -0.1) is 24.0 Å². The van der Waals surface area contributed by atoms with Crippen molar-refractivity contribution in [3.05, 3.63) is 59.7 Å². The van der Waals surface area contributed by atoms with Gasteiger partial charge in [-0.3, -0.25) is 4.99 Å². The molecule has 1 unspecified atom stereocenters. The molecule has 1 aliphatic heterocycles. The van der Waals surface area contributed by atoms with Crippen LogP contribution in [0.4, 0.5) is 14.5 Å². The first-order valence-corrected chi connectivity index (χ1v) is 9.84. The molecule has 1 saturated heterocycles. The van der Waals surface area contributed by atoms with Crippen molar-refractivity contribution in [2.75, 3.05) is 31.6 Å². The average Bonchev–Trinajstić information content (AvgIpc) is 3.19. The van der Waals surface area contributed by atoms with E-state index in [9.17, 15) is 8.78 Å². The number of hydrogen-bond acceptors (Lipinski definition) is 3. The molecule has 8 heteroatoms. The van der Waals surface area contributed by atoms with E-state index in [0.29, 0.717) is 24.0 Å². The number of aryl methyl sites for hydroxylation is 1. The Morgan fingerprint density at radius 1 is 1.20 bits per heavy atom. The van der Waals surface area contributed by atoms with Crippen LogP contribution in [0.1, 0.15) is 17.5 Å². The molecule has 164 valence electrons. The second kappa shape index (κ2) is 11.9. The maximum Gasteiger partial charge on any atom is 0.387 e. The largest absolute Gasteiger partial charge is 0.434 e. The predicted molar refractivity (Wildman–Crippen MR) is 128 cm³/mol. The van der Waals surface area contributed by atoms with E-state index in [4.69, 9.17) is 0 Å². The Morgan fingerprint density at radius 2 is 1.97 bits per heavy atom. The highest BCUT2D eigenvalue weighted by Gasteiger charge is 2.22. The van der Waals surface area contributed by atoms with Crippen molar-refractivity contribution in [3.8, 4) is 5.75 Å². The fraction of sp³-hybridized carbons (Fsp3) is 0.409. The van der Waals surface area contributed by atoms with Gasteiger partial charge in [-0.05, 0) is 37.5 Å². The van der Waals surface area contributed by atoms with Gasteiger partial charge in [-0.2, -0.15) is 8.78 Å². The number of hydrogen-bond donors (Lipinski definition) is 2. The van der Waals surface area contributed by atoms with Crippen LogP contribution >= 0.6 is 24.0 Å². The first kappa shape index (κ1) is 24.2. The van der Waals surface area contributed by atoms with E-state index in [1.165, 1.54) is 5.69 Å². The van der Waals surface area contributed by atoms with Crippen LogP contribution < -0.4 is 20.3 Å². The van der Waals surface area contributed by atoms with Crippen LogP contribution in [0.2, 0.25) is 0 Å². The summed E-state index contributed by atoms with van der Waals surface area (Å²) >= 11 is 0. The molecule has 2 aromatic carbocycles. The zero-order chi connectivity index (χ0) is 20.6. The van der Waals surface area contributed by atoms with Gasteiger partial charge in [-0.25, -0.2) is 0 Å². The minimum atomic E-state index is -2.84. The Bertz CT molecular complexity index is 820. The number of guanidine groups is 1. The molecule has 2 aromatic rings. The van der Waals surface area contributed by atoms with Crippen molar-refractivity contribution >= 4 is 35.6 Å². The quantitative estimate of drug-likeness (QED) is 0.317. The van der Waals surface area contributed by atoms with Crippen LogP contribution in [0.25, 0.3) is 0 Å². The van der Waals surface area contributed by atoms with Crippen LogP contribution in [0.5, 0.6) is 5.75 Å². The number of rotatable bonds is 7. The van der Waals surface area contributed by atoms with Crippen LogP contribution in [-0.4, -0.2) is 39.3 Å². The van der Waals surface area contributed by atoms with Gasteiger partial charge in [0.15, 0.2) is 5.96 Å². The summed E-state index contributed by atoms with van der Waals surface area (Å²) in [5.74, 6) is 1.35. The first-order chi connectivity index (χ1) is 14.0. The van der Waals surface area contributed by atoms with E-state index in [0.717, 1.165) is 31.6 Å². The first-order valence-electron chi connectivity index (χ1n) is 9.84. The number of nitrogens with one attached hydrogen (secondary N) is 2. The lowest BCUT2D eigenvalue weighted by molar-refractivity contribution is -0.0504. The normalized spacial score (nSPS) is 16.4. The molecule has 0 amide bonds. The summed E-state index contributed by atoms with van der Waals surface area (Å²) < 4.78 is 29.9. The van der Waals surface area contributed by atoms with E-state index < -0.39 is 6.61 Å². The monoisotopic (exact) mass is 530 g/mol. The van der Waals surface area contributed by atoms with Gasteiger partial charge in [-0.1, -0.05) is 35.9 Å². The van der Waals surface area contributed by atoms with Crippen LogP contribution in [0.3, 0.4) is 0 Å². The lowest BCUT2D eigenvalue weighted by Gasteiger charge is -2.19. The topological polar surface area (TPSA) is 48.9 Å². The van der Waals surface area contributed by atoms with Gasteiger partial charge in [0, 0.05) is 44.5 Å². The Morgan fingerprint density at radius 3 is 2.67 bits per heavy atom. The molecule has 0 aromatic heterocycles. The lowest BCUT2D eigenvalue weighted by Crippen LogP contribution is -2.40. The maximum atomic E-state index is 12.6. The van der Waals surface area contributed by atoms with Gasteiger partial charge in [0.2, 0.25) is 0 Å². The molecule has 1 aliphatic rings. The SMILES string of the molecule is CN=C(NCc1cc(C)ccc1OC(F)F)NCC1CCN(c2ccccc2)C1.I. The van der Waals surface area contributed by atoms with E-state index >= 15 is 0 Å². The minimum Gasteiger partial charge on any atom is -0.434 e. The molecule has 0 aliphatic carbocycles. The van der Waals surface area contributed by atoms with Crippen molar-refractivity contribution in [2.45, 2.75) is 26.5 Å². The van der Waals surface area contributed by atoms with Crippen LogP contribution in [-0.2, 0) is 6.54 Å². The number of alkyl halides is 2. The molecule has 5 nitrogen and oxygen atoms in total. The highest BCUT2D eigenvalue weighted by molar-refractivity contribution is 14.0. The smallest absolute Gasteiger partial charge is 0.387 e. The third-order valence-corrected chi connectivity index (χ3v) is 5.07. The molecule has 1 heterocycles. The second-order valence-corrected chi connectivity index (χ2v) is 7.23. The summed E-state index contributed by atoms with van der Waals surface area (Å²) in [6.45, 7) is 2.27. The molecular weight excluding hydrogens is 501 g/mol. The molecule has 30 heavy (non-hydrogen) atoms. The molecule has 3 rings (SSSR count). The average molecular weight is 530 g/mol. The van der Waals surface area contributed by atoms with Gasteiger partial charge in [0.1, 0.15) is 5.75 Å². The highest BCUT2D eigenvalue weighted by Crippen LogP contribution is 2.23. The third-order valence-electron chi connectivity index (χ3n) is 5.07. The van der Waals surface area contributed by atoms with Crippen molar-refractivity contribution in [3.63, 3.8) is 0 Å². The Hall–Kier alpha value is -2.10. The standard InChI is InChI=1S/C22H28F2N4O.HI/c1-16-8-9-20(29-21(23)24)18(12-16)14-27-22(25-2)26-13-17-10-11-28(15-17)19-6-4-3-5-7-19;/h3-9,12,17,21H,10-11,13-15H2,1-2H3,(H2,25,26,27);1H. The maximum absolute atomic E-state index is 12.6. The second-order valence-electron chi connectivity index (χ2n) is 7.23. The molecule has 0 saturated carbocycles. The molecule has 0 radical (unpaired) electrons. The van der Waals surface area contributed by atoms with Gasteiger partial charge in [0.25, 0.3) is 0 Å². The van der Waals surface area contributed by atoms with Crippen molar-refractivity contribution < 1.29 is 13.5 Å². The fourth-order valence-corrected chi connectivity index (χ4v) is 3.57. The van der Waals surface area contributed by atoms with Crippen LogP contribution in [0, 0.1) is 12.8 Å². The number of halogens is 3. The number of anilines is 1. The minimum absolute atomic E-state index is 0. The van der Waals surface area contributed by atoms with E-state index in [1.54, 1.807) is 19.2 Å². The zero-order valence-corrected chi connectivity index (χ0v) is 19.6. The summed E-state index contributed by atoms with van der Waals surface area (Å²) in [4.78, 5) is 6.64. The Balaban J connectivity index is 0.00000320. The predicted octanol–water partition coefficient (Wildman–Crippen LogP) is 4.41. The van der Waals surface area contributed by atoms with E-state index in [2.05, 4.69) is 49.5 Å². The van der Waals surface area contributed by atoms with Gasteiger partial charge >= 0.3 is 6.61 Å². The number of ether oxygens (including phenoxy) is 1. The van der Waals surface area contributed by atoms with Gasteiger partial charge < -0.3 is 20.3 Å². The van der Waals surface area contributed by atoms with Gasteiger partial charge in [0.05, 0.1) is 0 Å². The zero-order valence-electron chi connectivity index (χ0n) is 17.3.